The van der Waals surface area contributed by atoms with Crippen LogP contribution < -0.4 is 14.8 Å². The van der Waals surface area contributed by atoms with Crippen LogP contribution in [0.1, 0.15) is 62.2 Å². The number of rotatable bonds is 10. The number of nitrogens with one attached hydrogen (secondary N) is 1. The molecule has 1 aromatic rings. The van der Waals surface area contributed by atoms with E-state index in [1.165, 1.54) is 26.4 Å². The number of ether oxygens (including phenoxy) is 3. The molecular weight excluding hydrogens is 346 g/mol. The molecule has 2 rings (SSSR count). The van der Waals surface area contributed by atoms with E-state index in [9.17, 15) is 9.59 Å². The van der Waals surface area contributed by atoms with Gasteiger partial charge in [-0.15, -0.1) is 0 Å². The highest BCUT2D eigenvalue weighted by Gasteiger charge is 2.16. The monoisotopic (exact) mass is 377 g/mol. The Balaban J connectivity index is 1.79. The first-order valence-electron chi connectivity index (χ1n) is 9.88. The fourth-order valence-electron chi connectivity index (χ4n) is 3.16. The molecule has 0 spiro atoms. The molecule has 27 heavy (non-hydrogen) atoms. The van der Waals surface area contributed by atoms with Crippen molar-refractivity contribution in [2.24, 2.45) is 5.92 Å². The third-order valence-electron chi connectivity index (χ3n) is 4.80. The zero-order chi connectivity index (χ0) is 19.5. The van der Waals surface area contributed by atoms with Gasteiger partial charge in [0, 0.05) is 6.54 Å². The van der Waals surface area contributed by atoms with Crippen molar-refractivity contribution < 1.29 is 23.8 Å². The van der Waals surface area contributed by atoms with E-state index in [-0.39, 0.29) is 12.5 Å². The minimum Gasteiger partial charge on any atom is -0.493 e. The van der Waals surface area contributed by atoms with Gasteiger partial charge in [0.2, 0.25) is 0 Å². The standard InChI is InChI=1S/C21H31NO5/c1-3-4-12-26-18-11-10-17(13-19(18)25-2)21(24)27-15-20(23)22-14-16-8-6-5-7-9-16/h10-11,13,16H,3-9,12,14-15H2,1-2H3,(H,22,23). The Hall–Kier alpha value is -2.24. The molecule has 1 amide bonds. The van der Waals surface area contributed by atoms with E-state index in [2.05, 4.69) is 12.2 Å². The maximum absolute atomic E-state index is 12.2. The molecule has 1 N–H and O–H groups in total. The highest BCUT2D eigenvalue weighted by atomic mass is 16.5. The zero-order valence-electron chi connectivity index (χ0n) is 16.4. The fourth-order valence-corrected chi connectivity index (χ4v) is 3.16. The molecule has 6 nitrogen and oxygen atoms in total. The Morgan fingerprint density at radius 1 is 1.15 bits per heavy atom. The van der Waals surface area contributed by atoms with Crippen molar-refractivity contribution in [3.8, 4) is 11.5 Å². The predicted molar refractivity (Wildman–Crippen MR) is 103 cm³/mol. The normalized spacial score (nSPS) is 14.4. The smallest absolute Gasteiger partial charge is 0.338 e. The number of benzene rings is 1. The van der Waals surface area contributed by atoms with Crippen molar-refractivity contribution >= 4 is 11.9 Å². The number of unbranched alkanes of at least 4 members (excludes halogenated alkanes) is 1. The van der Waals surface area contributed by atoms with Crippen LogP contribution in [0.15, 0.2) is 18.2 Å². The van der Waals surface area contributed by atoms with Crippen LogP contribution in [0.2, 0.25) is 0 Å². The molecule has 0 saturated heterocycles. The topological polar surface area (TPSA) is 73.9 Å². The van der Waals surface area contributed by atoms with Gasteiger partial charge in [-0.25, -0.2) is 4.79 Å². The minimum absolute atomic E-state index is 0.264. The summed E-state index contributed by atoms with van der Waals surface area (Å²) in [5.74, 6) is 0.791. The Morgan fingerprint density at radius 2 is 1.93 bits per heavy atom. The molecule has 1 aliphatic rings. The van der Waals surface area contributed by atoms with Crippen molar-refractivity contribution in [3.05, 3.63) is 23.8 Å². The van der Waals surface area contributed by atoms with E-state index in [1.807, 2.05) is 0 Å². The lowest BCUT2D eigenvalue weighted by atomic mass is 9.89. The average molecular weight is 377 g/mol. The molecule has 0 atom stereocenters. The third kappa shape index (κ3) is 7.12. The lowest BCUT2D eigenvalue weighted by molar-refractivity contribution is -0.124. The number of amides is 1. The summed E-state index contributed by atoms with van der Waals surface area (Å²) in [4.78, 5) is 24.1. The number of carbonyl (C=O) groups excluding carboxylic acids is 2. The van der Waals surface area contributed by atoms with Gasteiger partial charge < -0.3 is 19.5 Å². The van der Waals surface area contributed by atoms with Crippen LogP contribution in [-0.4, -0.2) is 38.7 Å². The van der Waals surface area contributed by atoms with Crippen LogP contribution in [0.25, 0.3) is 0 Å². The number of hydrogen-bond acceptors (Lipinski definition) is 5. The SMILES string of the molecule is CCCCOc1ccc(C(=O)OCC(=O)NCC2CCCCC2)cc1OC. The second-order valence-corrected chi connectivity index (χ2v) is 6.95. The molecule has 150 valence electrons. The summed E-state index contributed by atoms with van der Waals surface area (Å²) in [6.07, 6.45) is 8.05. The van der Waals surface area contributed by atoms with Crippen molar-refractivity contribution in [2.45, 2.75) is 51.9 Å². The van der Waals surface area contributed by atoms with Gasteiger partial charge in [-0.3, -0.25) is 4.79 Å². The predicted octanol–water partition coefficient (Wildman–Crippen LogP) is 3.73. The van der Waals surface area contributed by atoms with E-state index in [4.69, 9.17) is 14.2 Å². The molecular formula is C21H31NO5. The molecule has 0 aromatic heterocycles. The zero-order valence-corrected chi connectivity index (χ0v) is 16.4. The van der Waals surface area contributed by atoms with Gasteiger partial charge in [0.1, 0.15) is 0 Å². The highest BCUT2D eigenvalue weighted by Crippen LogP contribution is 2.28. The Morgan fingerprint density at radius 3 is 2.63 bits per heavy atom. The van der Waals surface area contributed by atoms with Crippen LogP contribution in [-0.2, 0) is 9.53 Å². The molecule has 0 unspecified atom stereocenters. The average Bonchev–Trinajstić information content (AvgIpc) is 2.71. The van der Waals surface area contributed by atoms with Crippen molar-refractivity contribution in [2.75, 3.05) is 26.9 Å². The van der Waals surface area contributed by atoms with Gasteiger partial charge in [0.05, 0.1) is 19.3 Å². The molecule has 1 fully saturated rings. The second kappa shape index (κ2) is 11.5. The summed E-state index contributed by atoms with van der Waals surface area (Å²) in [6, 6.07) is 4.88. The van der Waals surface area contributed by atoms with Gasteiger partial charge >= 0.3 is 5.97 Å². The molecule has 1 saturated carbocycles. The van der Waals surface area contributed by atoms with E-state index in [0.29, 0.717) is 36.1 Å². The van der Waals surface area contributed by atoms with Gasteiger partial charge in [-0.05, 0) is 43.4 Å². The quantitative estimate of drug-likeness (QED) is 0.497. The summed E-state index contributed by atoms with van der Waals surface area (Å²) >= 11 is 0. The molecule has 1 aliphatic carbocycles. The number of methoxy groups -OCH3 is 1. The lowest BCUT2D eigenvalue weighted by Gasteiger charge is -2.21. The van der Waals surface area contributed by atoms with E-state index >= 15 is 0 Å². The summed E-state index contributed by atoms with van der Waals surface area (Å²) in [6.45, 7) is 3.07. The Kier molecular flexibility index (Phi) is 8.95. The van der Waals surface area contributed by atoms with E-state index in [0.717, 1.165) is 25.7 Å². The van der Waals surface area contributed by atoms with Gasteiger partial charge in [-0.1, -0.05) is 32.6 Å². The number of esters is 1. The number of carbonyl (C=O) groups is 2. The Labute approximate surface area is 161 Å². The highest BCUT2D eigenvalue weighted by molar-refractivity contribution is 5.92. The van der Waals surface area contributed by atoms with Crippen LogP contribution in [0.5, 0.6) is 11.5 Å². The molecule has 0 aliphatic heterocycles. The largest absolute Gasteiger partial charge is 0.493 e. The third-order valence-corrected chi connectivity index (χ3v) is 4.80. The second-order valence-electron chi connectivity index (χ2n) is 6.95. The van der Waals surface area contributed by atoms with Gasteiger partial charge in [0.25, 0.3) is 5.91 Å². The van der Waals surface area contributed by atoms with Gasteiger partial charge in [-0.2, -0.15) is 0 Å². The minimum atomic E-state index is -0.554. The maximum atomic E-state index is 12.2. The first kappa shape index (κ1) is 21.1. The molecule has 1 aromatic carbocycles. The van der Waals surface area contributed by atoms with Crippen LogP contribution in [0.4, 0.5) is 0 Å². The summed E-state index contributed by atoms with van der Waals surface area (Å²) < 4.78 is 16.1. The maximum Gasteiger partial charge on any atom is 0.338 e. The summed E-state index contributed by atoms with van der Waals surface area (Å²) in [5.41, 5.74) is 0.328. The van der Waals surface area contributed by atoms with Crippen LogP contribution in [0.3, 0.4) is 0 Å². The lowest BCUT2D eigenvalue weighted by Crippen LogP contribution is -2.33. The number of hydrogen-bond donors (Lipinski definition) is 1. The first-order chi connectivity index (χ1) is 13.1. The summed E-state index contributed by atoms with van der Waals surface area (Å²) in [5, 5.41) is 2.86. The molecule has 0 heterocycles. The summed E-state index contributed by atoms with van der Waals surface area (Å²) in [7, 11) is 1.52. The molecule has 0 bridgehead atoms. The van der Waals surface area contributed by atoms with Crippen molar-refractivity contribution in [1.29, 1.82) is 0 Å². The van der Waals surface area contributed by atoms with Crippen molar-refractivity contribution in [3.63, 3.8) is 0 Å². The van der Waals surface area contributed by atoms with Gasteiger partial charge in [0.15, 0.2) is 18.1 Å². The fraction of sp³-hybridized carbons (Fsp3) is 0.619. The Bertz CT molecular complexity index is 611. The van der Waals surface area contributed by atoms with E-state index in [1.54, 1.807) is 18.2 Å². The van der Waals surface area contributed by atoms with Crippen molar-refractivity contribution in [1.82, 2.24) is 5.32 Å². The first-order valence-corrected chi connectivity index (χ1v) is 9.88. The van der Waals surface area contributed by atoms with E-state index < -0.39 is 5.97 Å². The molecule has 6 heteroatoms. The molecule has 0 radical (unpaired) electrons. The van der Waals surface area contributed by atoms with Crippen LogP contribution >= 0.6 is 0 Å². The van der Waals surface area contributed by atoms with Crippen LogP contribution in [0, 0.1) is 5.92 Å².